The first kappa shape index (κ1) is 28.6. The van der Waals surface area contributed by atoms with Crippen LogP contribution in [0.5, 0.6) is 0 Å². The van der Waals surface area contributed by atoms with Crippen molar-refractivity contribution in [2.75, 3.05) is 53.1 Å². The maximum atomic E-state index is 12.1. The van der Waals surface area contributed by atoms with Crippen LogP contribution < -0.4 is 10.6 Å². The molecular weight excluding hydrogens is 517 g/mol. The Kier molecular flexibility index (Phi) is 13.9. The Morgan fingerprint density at radius 2 is 1.87 bits per heavy atom. The van der Waals surface area contributed by atoms with Crippen LogP contribution in [0.3, 0.4) is 0 Å². The minimum atomic E-state index is -3.16. The van der Waals surface area contributed by atoms with Crippen LogP contribution in [0, 0.1) is 0 Å². The average molecular weight is 554 g/mol. The van der Waals surface area contributed by atoms with E-state index in [1.165, 1.54) is 10.6 Å². The highest BCUT2D eigenvalue weighted by Crippen LogP contribution is 2.07. The maximum absolute atomic E-state index is 12.1. The van der Waals surface area contributed by atoms with Gasteiger partial charge in [-0.15, -0.1) is 24.0 Å². The summed E-state index contributed by atoms with van der Waals surface area (Å²) < 4.78 is 24.7. The molecule has 0 radical (unpaired) electrons. The van der Waals surface area contributed by atoms with Gasteiger partial charge >= 0.3 is 0 Å². The quantitative estimate of drug-likeness (QED) is 0.189. The molecule has 172 valence electrons. The molecule has 0 saturated carbocycles. The van der Waals surface area contributed by atoms with Crippen molar-refractivity contribution < 1.29 is 13.2 Å². The fourth-order valence-electron chi connectivity index (χ4n) is 2.78. The monoisotopic (exact) mass is 553 g/mol. The molecule has 0 heterocycles. The first-order valence-electron chi connectivity index (χ1n) is 9.96. The van der Waals surface area contributed by atoms with E-state index in [4.69, 9.17) is 0 Å². The van der Waals surface area contributed by atoms with Crippen LogP contribution in [0.1, 0.15) is 36.2 Å². The van der Waals surface area contributed by atoms with E-state index in [0.29, 0.717) is 44.1 Å². The van der Waals surface area contributed by atoms with E-state index in [1.807, 2.05) is 38.1 Å². The second-order valence-corrected chi connectivity index (χ2v) is 8.93. The third-order valence-corrected chi connectivity index (χ3v) is 5.67. The molecule has 0 fully saturated rings. The molecule has 1 aromatic rings. The van der Waals surface area contributed by atoms with Gasteiger partial charge in [-0.3, -0.25) is 9.79 Å². The van der Waals surface area contributed by atoms with Gasteiger partial charge in [0.05, 0.1) is 6.26 Å². The molecule has 0 aliphatic carbocycles. The zero-order valence-corrected chi connectivity index (χ0v) is 21.8. The zero-order valence-electron chi connectivity index (χ0n) is 18.6. The highest BCUT2D eigenvalue weighted by molar-refractivity contribution is 14.0. The summed E-state index contributed by atoms with van der Waals surface area (Å²) in [5.41, 5.74) is 1.76. The van der Waals surface area contributed by atoms with Gasteiger partial charge in [-0.2, -0.15) is 0 Å². The summed E-state index contributed by atoms with van der Waals surface area (Å²) in [5.74, 6) is 0.695. The average Bonchev–Trinajstić information content (AvgIpc) is 2.66. The summed E-state index contributed by atoms with van der Waals surface area (Å²) in [4.78, 5) is 18.2. The number of carbonyl (C=O) groups is 1. The van der Waals surface area contributed by atoms with Gasteiger partial charge in [-0.1, -0.05) is 19.1 Å². The zero-order chi connectivity index (χ0) is 21.9. The number of carbonyl (C=O) groups excluding carboxylic acids is 1. The summed E-state index contributed by atoms with van der Waals surface area (Å²) in [6, 6.07) is 7.63. The van der Waals surface area contributed by atoms with Crippen LogP contribution >= 0.6 is 24.0 Å². The minimum absolute atomic E-state index is 0. The molecule has 0 aliphatic rings. The standard InChI is InChI=1S/C20H35N5O3S.HI/c1-6-21-20(22-13-9-15-25(7-2)29(5,27)28)23-14-12-17-10-8-11-18(16-17)19(26)24(3)4;/h8,10-11,16H,6-7,9,12-15H2,1-5H3,(H2,21,22,23);1H. The van der Waals surface area contributed by atoms with Crippen LogP contribution in [-0.4, -0.2) is 82.6 Å². The molecule has 1 amide bonds. The number of rotatable bonds is 11. The largest absolute Gasteiger partial charge is 0.357 e. The molecule has 30 heavy (non-hydrogen) atoms. The van der Waals surface area contributed by atoms with Gasteiger partial charge in [0.15, 0.2) is 5.96 Å². The van der Waals surface area contributed by atoms with Gasteiger partial charge in [0.2, 0.25) is 10.0 Å². The normalized spacial score (nSPS) is 11.7. The number of aliphatic imine (C=N–C) groups is 1. The lowest BCUT2D eigenvalue weighted by molar-refractivity contribution is 0.0827. The van der Waals surface area contributed by atoms with Crippen molar-refractivity contribution in [2.24, 2.45) is 4.99 Å². The van der Waals surface area contributed by atoms with Crippen molar-refractivity contribution >= 4 is 45.9 Å². The van der Waals surface area contributed by atoms with Gasteiger partial charge in [0.25, 0.3) is 5.91 Å². The van der Waals surface area contributed by atoms with Crippen LogP contribution in [-0.2, 0) is 16.4 Å². The molecule has 2 N–H and O–H groups in total. The molecule has 1 aromatic carbocycles. The highest BCUT2D eigenvalue weighted by atomic mass is 127. The van der Waals surface area contributed by atoms with Gasteiger partial charge in [0, 0.05) is 52.4 Å². The number of hydrogen-bond donors (Lipinski definition) is 2. The molecule has 0 saturated heterocycles. The first-order chi connectivity index (χ1) is 13.7. The van der Waals surface area contributed by atoms with Crippen LogP contribution in [0.2, 0.25) is 0 Å². The van der Waals surface area contributed by atoms with E-state index >= 15 is 0 Å². The number of benzene rings is 1. The highest BCUT2D eigenvalue weighted by Gasteiger charge is 2.13. The number of halogens is 1. The van der Waals surface area contributed by atoms with Crippen LogP contribution in [0.25, 0.3) is 0 Å². The Bertz CT molecular complexity index is 784. The lowest BCUT2D eigenvalue weighted by Crippen LogP contribution is -2.38. The Balaban J connectivity index is 0.00000841. The van der Waals surface area contributed by atoms with E-state index in [2.05, 4.69) is 15.6 Å². The van der Waals surface area contributed by atoms with E-state index < -0.39 is 10.0 Å². The maximum Gasteiger partial charge on any atom is 0.253 e. The lowest BCUT2D eigenvalue weighted by atomic mass is 10.1. The molecule has 0 unspecified atom stereocenters. The second kappa shape index (κ2) is 14.6. The summed E-state index contributed by atoms with van der Waals surface area (Å²) in [6.45, 7) is 6.71. The van der Waals surface area contributed by atoms with Gasteiger partial charge in [-0.05, 0) is 37.5 Å². The predicted octanol–water partition coefficient (Wildman–Crippen LogP) is 1.78. The third-order valence-electron chi connectivity index (χ3n) is 4.29. The van der Waals surface area contributed by atoms with E-state index in [-0.39, 0.29) is 29.9 Å². The van der Waals surface area contributed by atoms with E-state index in [1.54, 1.807) is 19.0 Å². The minimum Gasteiger partial charge on any atom is -0.357 e. The molecule has 10 heteroatoms. The Morgan fingerprint density at radius 3 is 2.43 bits per heavy atom. The Labute approximate surface area is 198 Å². The SMILES string of the molecule is CCNC(=NCCCN(CC)S(C)(=O)=O)NCCc1cccc(C(=O)N(C)C)c1.I. The molecule has 0 aromatic heterocycles. The van der Waals surface area contributed by atoms with E-state index in [9.17, 15) is 13.2 Å². The van der Waals surface area contributed by atoms with Gasteiger partial charge in [0.1, 0.15) is 0 Å². The summed E-state index contributed by atoms with van der Waals surface area (Å²) in [6.07, 6.45) is 2.65. The third kappa shape index (κ3) is 10.6. The Hall–Kier alpha value is -1.40. The fraction of sp³-hybridized carbons (Fsp3) is 0.600. The van der Waals surface area contributed by atoms with Crippen molar-refractivity contribution in [2.45, 2.75) is 26.7 Å². The molecular formula is C20H36IN5O3S. The molecule has 1 rings (SSSR count). The van der Waals surface area contributed by atoms with Gasteiger partial charge in [-0.25, -0.2) is 12.7 Å². The fourth-order valence-corrected chi connectivity index (χ4v) is 3.71. The van der Waals surface area contributed by atoms with Crippen molar-refractivity contribution in [1.29, 1.82) is 0 Å². The number of nitrogens with zero attached hydrogens (tertiary/aromatic N) is 3. The summed E-state index contributed by atoms with van der Waals surface area (Å²) >= 11 is 0. The summed E-state index contributed by atoms with van der Waals surface area (Å²) in [7, 11) is 0.324. The van der Waals surface area contributed by atoms with Crippen LogP contribution in [0.4, 0.5) is 0 Å². The molecule has 0 spiro atoms. The van der Waals surface area contributed by atoms with Gasteiger partial charge < -0.3 is 15.5 Å². The van der Waals surface area contributed by atoms with Crippen molar-refractivity contribution in [3.8, 4) is 0 Å². The number of hydrogen-bond acceptors (Lipinski definition) is 4. The smallest absolute Gasteiger partial charge is 0.253 e. The number of amides is 1. The van der Waals surface area contributed by atoms with Crippen molar-refractivity contribution in [3.05, 3.63) is 35.4 Å². The molecule has 0 atom stereocenters. The Morgan fingerprint density at radius 1 is 1.17 bits per heavy atom. The summed E-state index contributed by atoms with van der Waals surface area (Å²) in [5, 5.41) is 6.48. The molecule has 0 aliphatic heterocycles. The van der Waals surface area contributed by atoms with E-state index in [0.717, 1.165) is 18.5 Å². The second-order valence-electron chi connectivity index (χ2n) is 6.95. The molecule has 0 bridgehead atoms. The number of nitrogens with one attached hydrogen (secondary N) is 2. The van der Waals surface area contributed by atoms with Crippen molar-refractivity contribution in [3.63, 3.8) is 0 Å². The molecule has 8 nitrogen and oxygen atoms in total. The van der Waals surface area contributed by atoms with Crippen molar-refractivity contribution in [1.82, 2.24) is 19.8 Å². The topological polar surface area (TPSA) is 94.1 Å². The number of sulfonamides is 1. The number of guanidine groups is 1. The lowest BCUT2D eigenvalue weighted by Gasteiger charge is -2.17. The first-order valence-corrected chi connectivity index (χ1v) is 11.8. The predicted molar refractivity (Wildman–Crippen MR) is 134 cm³/mol. The van der Waals surface area contributed by atoms with Crippen LogP contribution in [0.15, 0.2) is 29.3 Å².